The van der Waals surface area contributed by atoms with Crippen LogP contribution in [0, 0.1) is 5.82 Å². The quantitative estimate of drug-likeness (QED) is 0.181. The molecule has 1 unspecified atom stereocenters. The molecule has 0 amide bonds. The van der Waals surface area contributed by atoms with Gasteiger partial charge in [0.05, 0.1) is 30.9 Å². The van der Waals surface area contributed by atoms with Gasteiger partial charge in [0.1, 0.15) is 15.8 Å². The molecule has 14 heteroatoms. The topological polar surface area (TPSA) is 117 Å². The first kappa shape index (κ1) is 28.0. The summed E-state index contributed by atoms with van der Waals surface area (Å²) in [5.41, 5.74) is 3.98. The lowest BCUT2D eigenvalue weighted by Crippen LogP contribution is -2.37. The van der Waals surface area contributed by atoms with Gasteiger partial charge in [0, 0.05) is 5.56 Å². The zero-order valence-electron chi connectivity index (χ0n) is 19.0. The van der Waals surface area contributed by atoms with Crippen LogP contribution in [0.4, 0.5) is 17.6 Å². The molecule has 3 rings (SSSR count). The molecule has 2 aromatic carbocycles. The van der Waals surface area contributed by atoms with Crippen molar-refractivity contribution in [3.05, 3.63) is 58.9 Å². The number of ether oxygens (including phenoxy) is 2. The Hall–Kier alpha value is -2.57. The smallest absolute Gasteiger partial charge is 0.419 e. The Morgan fingerprint density at radius 1 is 1.06 bits per heavy atom. The van der Waals surface area contributed by atoms with Gasteiger partial charge in [-0.15, -0.1) is 10.2 Å². The van der Waals surface area contributed by atoms with E-state index >= 15 is 0 Å². The maximum Gasteiger partial charge on any atom is 0.419 e. The highest BCUT2D eigenvalue weighted by atomic mass is 32.1. The van der Waals surface area contributed by atoms with Crippen LogP contribution in [-0.2, 0) is 20.8 Å². The molecule has 0 bridgehead atoms. The summed E-state index contributed by atoms with van der Waals surface area (Å²) in [7, 11) is -3.21. The third-order valence-electron chi connectivity index (χ3n) is 4.83. The van der Waals surface area contributed by atoms with Crippen molar-refractivity contribution in [3.8, 4) is 22.1 Å². The van der Waals surface area contributed by atoms with Crippen LogP contribution in [0.2, 0.25) is 0 Å². The van der Waals surface area contributed by atoms with E-state index in [0.717, 1.165) is 17.4 Å². The highest BCUT2D eigenvalue weighted by Crippen LogP contribution is 2.40. The van der Waals surface area contributed by atoms with Crippen molar-refractivity contribution >= 4 is 19.6 Å². The molecule has 36 heavy (non-hydrogen) atoms. The zero-order chi connectivity index (χ0) is 26.3. The lowest BCUT2D eigenvalue weighted by atomic mass is 10.1. The van der Waals surface area contributed by atoms with Gasteiger partial charge in [-0.3, -0.25) is 4.57 Å². The Balaban J connectivity index is 1.63. The van der Waals surface area contributed by atoms with E-state index in [1.165, 1.54) is 37.3 Å². The number of unbranched alkanes of at least 4 members (excludes halogenated alkanes) is 1. The standard InChI is InChI=1S/C22H24F4N3O5PS/c1-21(27,13-34-35(30)31)20-29-28-19(36-20)14-8-9-17(15(12-14)22(24,25)26)32-10-4-5-11-33-18-7-3-2-6-16(18)23/h2-3,6-9,12,35H,4-5,10-11,13,27H2,1H3,(H,30,31)/t21-/m0/s1. The maximum atomic E-state index is 13.7. The fourth-order valence-corrected chi connectivity index (χ4v) is 4.29. The van der Waals surface area contributed by atoms with Crippen LogP contribution in [0.1, 0.15) is 30.3 Å². The summed E-state index contributed by atoms with van der Waals surface area (Å²) >= 11 is 0.948. The maximum absolute atomic E-state index is 13.7. The van der Waals surface area contributed by atoms with Gasteiger partial charge in [0.15, 0.2) is 11.6 Å². The fraction of sp³-hybridized carbons (Fsp3) is 0.364. The Morgan fingerprint density at radius 3 is 2.36 bits per heavy atom. The molecular weight excluding hydrogens is 525 g/mol. The number of para-hydroxylation sites is 1. The minimum atomic E-state index is -4.68. The molecule has 1 heterocycles. The number of alkyl halides is 3. The number of hydrogen-bond donors (Lipinski definition) is 2. The number of benzene rings is 2. The van der Waals surface area contributed by atoms with Gasteiger partial charge in [-0.05, 0) is 50.1 Å². The van der Waals surface area contributed by atoms with Crippen molar-refractivity contribution in [2.24, 2.45) is 5.73 Å². The lowest BCUT2D eigenvalue weighted by Gasteiger charge is -2.19. The first-order valence-corrected chi connectivity index (χ1v) is 12.8. The molecule has 8 nitrogen and oxygen atoms in total. The van der Waals surface area contributed by atoms with Crippen LogP contribution in [0.15, 0.2) is 42.5 Å². The number of nitrogens with two attached hydrogens (primary N) is 1. The van der Waals surface area contributed by atoms with Gasteiger partial charge in [0.2, 0.25) is 0 Å². The number of aromatic nitrogens is 2. The van der Waals surface area contributed by atoms with Crippen LogP contribution in [0.5, 0.6) is 11.5 Å². The van der Waals surface area contributed by atoms with Gasteiger partial charge in [-0.2, -0.15) is 13.2 Å². The molecule has 0 saturated heterocycles. The Morgan fingerprint density at radius 2 is 1.72 bits per heavy atom. The van der Waals surface area contributed by atoms with E-state index in [9.17, 15) is 22.1 Å². The van der Waals surface area contributed by atoms with Crippen molar-refractivity contribution in [2.45, 2.75) is 31.5 Å². The predicted molar refractivity (Wildman–Crippen MR) is 126 cm³/mol. The molecule has 0 fully saturated rings. The van der Waals surface area contributed by atoms with Crippen LogP contribution in [-0.4, -0.2) is 34.9 Å². The van der Waals surface area contributed by atoms with Gasteiger partial charge >= 0.3 is 14.4 Å². The highest BCUT2D eigenvalue weighted by Gasteiger charge is 2.35. The first-order chi connectivity index (χ1) is 17.0. The predicted octanol–water partition coefficient (Wildman–Crippen LogP) is 5.17. The molecule has 0 aliphatic heterocycles. The van der Waals surface area contributed by atoms with Crippen molar-refractivity contribution in [3.63, 3.8) is 0 Å². The average Bonchev–Trinajstić information content (AvgIpc) is 3.32. The molecular formula is C22H24F4N3O5PS. The summed E-state index contributed by atoms with van der Waals surface area (Å²) in [4.78, 5) is 8.84. The van der Waals surface area contributed by atoms with E-state index in [1.807, 2.05) is 0 Å². The third-order valence-corrected chi connectivity index (χ3v) is 6.47. The summed E-state index contributed by atoms with van der Waals surface area (Å²) in [6.07, 6.45) is -3.84. The lowest BCUT2D eigenvalue weighted by molar-refractivity contribution is -0.138. The fourth-order valence-electron chi connectivity index (χ4n) is 2.98. The highest BCUT2D eigenvalue weighted by molar-refractivity contribution is 7.32. The molecule has 0 saturated carbocycles. The van der Waals surface area contributed by atoms with Crippen molar-refractivity contribution in [1.82, 2.24) is 10.2 Å². The molecule has 3 N–H and O–H groups in total. The molecule has 0 aliphatic carbocycles. The van der Waals surface area contributed by atoms with E-state index in [1.54, 1.807) is 6.07 Å². The van der Waals surface area contributed by atoms with Crippen molar-refractivity contribution in [2.75, 3.05) is 19.8 Å². The number of nitrogens with zero attached hydrogens (tertiary/aromatic N) is 2. The normalized spacial score (nSPS) is 14.3. The molecule has 196 valence electrons. The molecule has 0 radical (unpaired) electrons. The van der Waals surface area contributed by atoms with E-state index in [4.69, 9.17) is 20.1 Å². The largest absolute Gasteiger partial charge is 0.493 e. The SMILES string of the molecule is C[C@](N)(CO[PH](=O)O)c1nnc(-c2ccc(OCCCCOc3ccccc3F)c(C(F)(F)F)c2)s1. The summed E-state index contributed by atoms with van der Waals surface area (Å²) in [6.45, 7) is 1.38. The Labute approximate surface area is 209 Å². The molecule has 0 spiro atoms. The number of hydrogen-bond acceptors (Lipinski definition) is 8. The summed E-state index contributed by atoms with van der Waals surface area (Å²) < 4.78 is 80.8. The molecule has 1 aromatic heterocycles. The zero-order valence-corrected chi connectivity index (χ0v) is 20.9. The second-order valence-electron chi connectivity index (χ2n) is 7.93. The second kappa shape index (κ2) is 12.1. The minimum absolute atomic E-state index is 0.00549. The average molecular weight is 549 g/mol. The van der Waals surface area contributed by atoms with Crippen molar-refractivity contribution in [1.29, 1.82) is 0 Å². The number of rotatable bonds is 12. The second-order valence-corrected chi connectivity index (χ2v) is 9.73. The Kier molecular flexibility index (Phi) is 9.42. The van der Waals surface area contributed by atoms with Gasteiger partial charge in [-0.25, -0.2) is 4.39 Å². The van der Waals surface area contributed by atoms with Gasteiger partial charge in [-0.1, -0.05) is 23.5 Å². The monoisotopic (exact) mass is 549 g/mol. The molecule has 0 aliphatic rings. The van der Waals surface area contributed by atoms with Crippen LogP contribution in [0.25, 0.3) is 10.6 Å². The van der Waals surface area contributed by atoms with Crippen LogP contribution in [0.3, 0.4) is 0 Å². The summed E-state index contributed by atoms with van der Waals surface area (Å²) in [5, 5.41) is 8.23. The third kappa shape index (κ3) is 7.71. The van der Waals surface area contributed by atoms with E-state index in [-0.39, 0.29) is 46.9 Å². The van der Waals surface area contributed by atoms with E-state index < -0.39 is 31.4 Å². The van der Waals surface area contributed by atoms with Crippen LogP contribution < -0.4 is 15.2 Å². The summed E-state index contributed by atoms with van der Waals surface area (Å²) in [6, 6.07) is 9.48. The minimum Gasteiger partial charge on any atom is -0.493 e. The molecule has 3 aromatic rings. The van der Waals surface area contributed by atoms with Crippen LogP contribution >= 0.6 is 19.6 Å². The van der Waals surface area contributed by atoms with Gasteiger partial charge < -0.3 is 24.6 Å². The summed E-state index contributed by atoms with van der Waals surface area (Å²) in [5.74, 6) is -0.714. The number of halogens is 4. The van der Waals surface area contributed by atoms with E-state index in [0.29, 0.717) is 12.8 Å². The first-order valence-electron chi connectivity index (χ1n) is 10.7. The van der Waals surface area contributed by atoms with Crippen molar-refractivity contribution < 1.29 is 41.0 Å². The Bertz CT molecular complexity index is 1190. The van der Waals surface area contributed by atoms with Gasteiger partial charge in [0.25, 0.3) is 0 Å². The van der Waals surface area contributed by atoms with E-state index in [2.05, 4.69) is 14.7 Å². The molecule has 2 atom stereocenters.